The van der Waals surface area contributed by atoms with Crippen molar-refractivity contribution in [2.45, 2.75) is 77.6 Å². The number of carboxylic acid groups (broad SMARTS) is 1. The van der Waals surface area contributed by atoms with Crippen LogP contribution < -0.4 is 0 Å². The predicted molar refractivity (Wildman–Crippen MR) is 91.7 cm³/mol. The number of rotatable bonds is 7. The number of aliphatic carboxylic acids is 1. The van der Waals surface area contributed by atoms with Crippen LogP contribution >= 0.6 is 0 Å². The van der Waals surface area contributed by atoms with Crippen molar-refractivity contribution in [3.8, 4) is 0 Å². The van der Waals surface area contributed by atoms with Gasteiger partial charge < -0.3 is 5.11 Å². The lowest BCUT2D eigenvalue weighted by atomic mass is 9.67. The lowest BCUT2D eigenvalue weighted by Crippen LogP contribution is -2.30. The summed E-state index contributed by atoms with van der Waals surface area (Å²) in [5.41, 5.74) is 0. The summed E-state index contributed by atoms with van der Waals surface area (Å²) in [5, 5.41) is 9.40. The Labute approximate surface area is 136 Å². The first kappa shape index (κ1) is 17.6. The topological polar surface area (TPSA) is 37.3 Å². The zero-order chi connectivity index (χ0) is 15.9. The van der Waals surface area contributed by atoms with Crippen molar-refractivity contribution < 1.29 is 9.90 Å². The van der Waals surface area contributed by atoms with Gasteiger partial charge in [-0.05, 0) is 68.6 Å². The number of allylic oxidation sites excluding steroid dienone is 1. The minimum Gasteiger partial charge on any atom is -0.481 e. The Balaban J connectivity index is 1.77. The lowest BCUT2D eigenvalue weighted by Gasteiger charge is -2.39. The molecule has 0 saturated heterocycles. The summed E-state index contributed by atoms with van der Waals surface area (Å²) in [4.78, 5) is 11.4. The van der Waals surface area contributed by atoms with E-state index in [9.17, 15) is 9.90 Å². The van der Waals surface area contributed by atoms with Gasteiger partial charge in [-0.1, -0.05) is 38.7 Å². The van der Waals surface area contributed by atoms with Gasteiger partial charge in [0.2, 0.25) is 0 Å². The molecule has 2 rings (SSSR count). The van der Waals surface area contributed by atoms with Gasteiger partial charge in [-0.2, -0.15) is 0 Å². The van der Waals surface area contributed by atoms with Crippen LogP contribution in [0.5, 0.6) is 0 Å². The molecule has 1 atom stereocenters. The highest BCUT2D eigenvalue weighted by Crippen LogP contribution is 2.44. The normalized spacial score (nSPS) is 34.0. The fraction of sp³-hybridized carbons (Fsp3) is 0.850. The van der Waals surface area contributed by atoms with E-state index in [1.54, 1.807) is 6.08 Å². The van der Waals surface area contributed by atoms with E-state index in [1.807, 2.05) is 0 Å². The van der Waals surface area contributed by atoms with Gasteiger partial charge >= 0.3 is 5.97 Å². The number of carbonyl (C=O) groups is 1. The molecule has 0 spiro atoms. The van der Waals surface area contributed by atoms with Crippen LogP contribution in [0, 0.1) is 29.6 Å². The second kappa shape index (κ2) is 8.74. The first-order chi connectivity index (χ1) is 10.7. The maximum absolute atomic E-state index is 11.4. The quantitative estimate of drug-likeness (QED) is 0.615. The molecule has 0 aromatic heterocycles. The minimum atomic E-state index is -0.622. The summed E-state index contributed by atoms with van der Waals surface area (Å²) >= 11 is 0. The van der Waals surface area contributed by atoms with Crippen LogP contribution in [-0.4, -0.2) is 11.1 Å². The molecular formula is C20H34O2. The largest absolute Gasteiger partial charge is 0.481 e. The smallest absolute Gasteiger partial charge is 0.307 e. The van der Waals surface area contributed by atoms with Crippen LogP contribution in [0.25, 0.3) is 0 Å². The van der Waals surface area contributed by atoms with Gasteiger partial charge in [0.25, 0.3) is 0 Å². The van der Waals surface area contributed by atoms with E-state index in [0.29, 0.717) is 12.3 Å². The highest BCUT2D eigenvalue weighted by Gasteiger charge is 2.34. The van der Waals surface area contributed by atoms with E-state index < -0.39 is 5.97 Å². The molecule has 2 saturated carbocycles. The molecule has 0 aromatic rings. The molecule has 2 nitrogen and oxygen atoms in total. The zero-order valence-electron chi connectivity index (χ0n) is 14.3. The van der Waals surface area contributed by atoms with Crippen LogP contribution in [0.3, 0.4) is 0 Å². The maximum Gasteiger partial charge on any atom is 0.307 e. The molecule has 2 heteroatoms. The molecule has 1 unspecified atom stereocenters. The van der Waals surface area contributed by atoms with E-state index in [0.717, 1.165) is 30.6 Å². The molecule has 0 aromatic carbocycles. The highest BCUT2D eigenvalue weighted by atomic mass is 16.4. The van der Waals surface area contributed by atoms with Crippen molar-refractivity contribution in [1.82, 2.24) is 0 Å². The Bertz CT molecular complexity index is 347. The Hall–Kier alpha value is -0.790. The Morgan fingerprint density at radius 1 is 1.09 bits per heavy atom. The monoisotopic (exact) mass is 306 g/mol. The van der Waals surface area contributed by atoms with Crippen molar-refractivity contribution in [3.05, 3.63) is 12.7 Å². The summed E-state index contributed by atoms with van der Waals surface area (Å²) in [5.74, 6) is 2.35. The van der Waals surface area contributed by atoms with Crippen molar-refractivity contribution >= 4 is 5.97 Å². The molecule has 0 heterocycles. The van der Waals surface area contributed by atoms with Crippen molar-refractivity contribution in [3.63, 3.8) is 0 Å². The van der Waals surface area contributed by atoms with Crippen LogP contribution in [-0.2, 0) is 4.79 Å². The molecule has 1 N–H and O–H groups in total. The third-order valence-corrected chi connectivity index (χ3v) is 6.38. The fourth-order valence-electron chi connectivity index (χ4n) is 5.05. The van der Waals surface area contributed by atoms with Crippen LogP contribution in [0.4, 0.5) is 0 Å². The van der Waals surface area contributed by atoms with Crippen LogP contribution in [0.2, 0.25) is 0 Å². The Morgan fingerprint density at radius 3 is 2.09 bits per heavy atom. The molecule has 2 aliphatic carbocycles. The number of carboxylic acids is 1. The average molecular weight is 306 g/mol. The van der Waals surface area contributed by atoms with E-state index in [1.165, 1.54) is 51.4 Å². The lowest BCUT2D eigenvalue weighted by molar-refractivity contribution is -0.144. The molecule has 0 amide bonds. The molecule has 2 aliphatic rings. The highest BCUT2D eigenvalue weighted by molar-refractivity contribution is 5.70. The first-order valence-corrected chi connectivity index (χ1v) is 9.49. The van der Waals surface area contributed by atoms with Crippen molar-refractivity contribution in [1.29, 1.82) is 0 Å². The summed E-state index contributed by atoms with van der Waals surface area (Å²) in [6.45, 7) is 6.03. The Kier molecular flexibility index (Phi) is 6.98. The second-order valence-corrected chi connectivity index (χ2v) is 7.71. The summed E-state index contributed by atoms with van der Waals surface area (Å²) in [6.07, 6.45) is 15.6. The molecule has 0 aliphatic heterocycles. The van der Waals surface area contributed by atoms with E-state index >= 15 is 0 Å². The van der Waals surface area contributed by atoms with Crippen LogP contribution in [0.15, 0.2) is 12.7 Å². The SMILES string of the molecule is C=CCC(C(=O)O)C1CCC(C2CCC(CCC)CC2)CC1. The van der Waals surface area contributed by atoms with Gasteiger partial charge in [0.05, 0.1) is 5.92 Å². The van der Waals surface area contributed by atoms with Gasteiger partial charge in [-0.15, -0.1) is 6.58 Å². The van der Waals surface area contributed by atoms with Gasteiger partial charge in [0, 0.05) is 0 Å². The zero-order valence-corrected chi connectivity index (χ0v) is 14.3. The van der Waals surface area contributed by atoms with Gasteiger partial charge in [0.1, 0.15) is 0 Å². The van der Waals surface area contributed by atoms with E-state index in [4.69, 9.17) is 0 Å². The maximum atomic E-state index is 11.4. The van der Waals surface area contributed by atoms with Gasteiger partial charge in [-0.25, -0.2) is 0 Å². The minimum absolute atomic E-state index is 0.196. The standard InChI is InChI=1S/C20H34O2/c1-3-5-15-7-9-16(10-8-15)17-11-13-18(14-12-17)19(6-4-2)20(21)22/h4,15-19H,2-3,5-14H2,1H3,(H,21,22). The van der Waals surface area contributed by atoms with E-state index in [-0.39, 0.29) is 5.92 Å². The van der Waals surface area contributed by atoms with Crippen molar-refractivity contribution in [2.75, 3.05) is 0 Å². The summed E-state index contributed by atoms with van der Waals surface area (Å²) in [6, 6.07) is 0. The molecule has 22 heavy (non-hydrogen) atoms. The fourth-order valence-corrected chi connectivity index (χ4v) is 5.05. The van der Waals surface area contributed by atoms with Gasteiger partial charge in [-0.3, -0.25) is 4.79 Å². The molecule has 2 fully saturated rings. The predicted octanol–water partition coefficient (Wildman–Crippen LogP) is 5.68. The second-order valence-electron chi connectivity index (χ2n) is 7.71. The summed E-state index contributed by atoms with van der Waals surface area (Å²) < 4.78 is 0. The third-order valence-electron chi connectivity index (χ3n) is 6.38. The van der Waals surface area contributed by atoms with Crippen LogP contribution in [0.1, 0.15) is 77.6 Å². The van der Waals surface area contributed by atoms with E-state index in [2.05, 4.69) is 13.5 Å². The van der Waals surface area contributed by atoms with Crippen molar-refractivity contribution in [2.24, 2.45) is 29.6 Å². The molecule has 126 valence electrons. The number of hydrogen-bond acceptors (Lipinski definition) is 1. The molecule has 0 radical (unpaired) electrons. The number of hydrogen-bond donors (Lipinski definition) is 1. The Morgan fingerprint density at radius 2 is 1.64 bits per heavy atom. The summed E-state index contributed by atoms with van der Waals surface area (Å²) in [7, 11) is 0. The third kappa shape index (κ3) is 4.60. The molecule has 0 bridgehead atoms. The molecular weight excluding hydrogens is 272 g/mol. The first-order valence-electron chi connectivity index (χ1n) is 9.49. The van der Waals surface area contributed by atoms with Gasteiger partial charge in [0.15, 0.2) is 0 Å². The average Bonchev–Trinajstić information content (AvgIpc) is 2.54.